The topological polar surface area (TPSA) is 92.1 Å². The Morgan fingerprint density at radius 1 is 1.00 bits per heavy atom. The first-order valence-electron chi connectivity index (χ1n) is 14.2. The molecule has 0 aromatic carbocycles. The van der Waals surface area contributed by atoms with Crippen LogP contribution < -0.4 is 11.5 Å². The van der Waals surface area contributed by atoms with Gasteiger partial charge in [-0.25, -0.2) is 0 Å². The Bertz CT molecular complexity index is 683. The van der Waals surface area contributed by atoms with E-state index >= 15 is 0 Å². The predicted molar refractivity (Wildman–Crippen MR) is 157 cm³/mol. The van der Waals surface area contributed by atoms with E-state index in [-0.39, 0.29) is 18.1 Å². The van der Waals surface area contributed by atoms with Crippen LogP contribution in [0.5, 0.6) is 0 Å². The van der Waals surface area contributed by atoms with Gasteiger partial charge in [0.2, 0.25) is 8.32 Å². The summed E-state index contributed by atoms with van der Waals surface area (Å²) in [6.45, 7) is 21.9. The number of nitrogens with two attached hydrogens (primary N) is 2. The van der Waals surface area contributed by atoms with Gasteiger partial charge in [0, 0.05) is 12.8 Å². The van der Waals surface area contributed by atoms with Gasteiger partial charge in [-0.15, -0.1) is 0 Å². The maximum Gasteiger partial charge on any atom is 0.201 e. The Hall–Kier alpha value is -1.15. The zero-order valence-electron chi connectivity index (χ0n) is 24.8. The lowest BCUT2D eigenvalue weighted by atomic mass is 9.96. The van der Waals surface area contributed by atoms with Gasteiger partial charge in [0.25, 0.3) is 0 Å². The number of allylic oxidation sites excluding steroid dienone is 3. The van der Waals surface area contributed by atoms with Crippen LogP contribution in [0.4, 0.5) is 0 Å². The highest BCUT2D eigenvalue weighted by molar-refractivity contribution is 6.77. The molecule has 1 saturated heterocycles. The number of aliphatic imine (C=N–C) groups is 1. The van der Waals surface area contributed by atoms with Crippen LogP contribution in [0, 0.1) is 0 Å². The smallest absolute Gasteiger partial charge is 0.201 e. The van der Waals surface area contributed by atoms with Gasteiger partial charge >= 0.3 is 0 Å². The summed E-state index contributed by atoms with van der Waals surface area (Å²) < 4.78 is 19.5. The maximum absolute atomic E-state index is 7.00. The van der Waals surface area contributed by atoms with Gasteiger partial charge < -0.3 is 25.4 Å². The van der Waals surface area contributed by atoms with E-state index in [0.717, 1.165) is 38.5 Å². The molecule has 0 aliphatic carbocycles. The zero-order valence-corrected chi connectivity index (χ0v) is 25.8. The molecule has 1 aliphatic heterocycles. The highest BCUT2D eigenvalue weighted by Gasteiger charge is 2.46. The average molecular weight is 524 g/mol. The van der Waals surface area contributed by atoms with Gasteiger partial charge in [-0.1, -0.05) is 72.3 Å². The van der Waals surface area contributed by atoms with Gasteiger partial charge in [-0.05, 0) is 62.6 Å². The van der Waals surface area contributed by atoms with Crippen molar-refractivity contribution in [1.82, 2.24) is 0 Å². The van der Waals surface area contributed by atoms with E-state index in [1.807, 2.05) is 0 Å². The monoisotopic (exact) mass is 523 g/mol. The minimum absolute atomic E-state index is 0.0332. The molecule has 0 radical (unpaired) electrons. The van der Waals surface area contributed by atoms with Gasteiger partial charge in [0.15, 0.2) is 11.7 Å². The molecule has 36 heavy (non-hydrogen) atoms. The van der Waals surface area contributed by atoms with E-state index < -0.39 is 14.1 Å². The summed E-state index contributed by atoms with van der Waals surface area (Å²) in [7, 11) is -1.92. The van der Waals surface area contributed by atoms with Crippen molar-refractivity contribution in [3.05, 3.63) is 23.8 Å². The normalized spacial score (nSPS) is 18.1. The summed E-state index contributed by atoms with van der Waals surface area (Å²) in [5, 5.41) is 0. The lowest BCUT2D eigenvalue weighted by Gasteiger charge is -2.44. The Morgan fingerprint density at radius 2 is 1.58 bits per heavy atom. The fourth-order valence-corrected chi connectivity index (χ4v) is 11.4. The van der Waals surface area contributed by atoms with Gasteiger partial charge in [0.1, 0.15) is 0 Å². The van der Waals surface area contributed by atoms with Crippen LogP contribution in [0.25, 0.3) is 0 Å². The van der Waals surface area contributed by atoms with Gasteiger partial charge in [0.05, 0.1) is 25.4 Å². The molecular formula is C29H57N3O3Si. The number of guanidine groups is 1. The van der Waals surface area contributed by atoms with Gasteiger partial charge in [-0.2, -0.15) is 0 Å². The molecule has 1 rings (SSSR count). The third-order valence-corrected chi connectivity index (χ3v) is 13.6. The molecular weight excluding hydrogens is 466 g/mol. The molecule has 0 unspecified atom stereocenters. The SMILES string of the molecule is CC[C@@H](/C=C/CCC1(C[C@H](CCC=C(C)C)N=C(N)N)OCCCO1)O[Si](C(C)C)(C(C)C)C(C)C. The molecule has 0 spiro atoms. The number of hydrogen-bond acceptors (Lipinski definition) is 4. The van der Waals surface area contributed by atoms with Crippen molar-refractivity contribution in [3.8, 4) is 0 Å². The quantitative estimate of drug-likeness (QED) is 0.0965. The number of hydrogen-bond donors (Lipinski definition) is 2. The Morgan fingerprint density at radius 3 is 2.06 bits per heavy atom. The van der Waals surface area contributed by atoms with Crippen molar-refractivity contribution in [1.29, 1.82) is 0 Å². The second kappa shape index (κ2) is 16.0. The predicted octanol–water partition coefficient (Wildman–Crippen LogP) is 7.21. The summed E-state index contributed by atoms with van der Waals surface area (Å²) in [4.78, 5) is 4.52. The van der Waals surface area contributed by atoms with E-state index in [0.29, 0.717) is 36.3 Å². The minimum Gasteiger partial charge on any atom is -0.410 e. The van der Waals surface area contributed by atoms with Crippen LogP contribution >= 0.6 is 0 Å². The highest BCUT2D eigenvalue weighted by Crippen LogP contribution is 2.43. The number of rotatable bonds is 16. The minimum atomic E-state index is -1.92. The van der Waals surface area contributed by atoms with Crippen LogP contribution in [0.3, 0.4) is 0 Å². The maximum atomic E-state index is 7.00. The standard InChI is InChI=1S/C29H57N3O3Si/c1-10-27(35-36(23(4)5,24(6)7)25(8)9)17-11-12-18-29(33-19-14-20-34-29)21-26(32-28(30)31)16-13-15-22(2)3/h11,15,17,23-27H,10,12-14,16,18-21H2,1-9H3,(H4,30,31,32)/b17-11+/t26-,27-/m0/s1. The summed E-state index contributed by atoms with van der Waals surface area (Å²) >= 11 is 0. The summed E-state index contributed by atoms with van der Waals surface area (Å²) in [5.74, 6) is -0.523. The van der Waals surface area contributed by atoms with E-state index in [1.54, 1.807) is 0 Å². The molecule has 0 bridgehead atoms. The molecule has 6 nitrogen and oxygen atoms in total. The first-order valence-corrected chi connectivity index (χ1v) is 16.4. The molecule has 0 aromatic rings. The van der Waals surface area contributed by atoms with Crippen molar-refractivity contribution >= 4 is 14.3 Å². The number of nitrogens with zero attached hydrogens (tertiary/aromatic N) is 1. The van der Waals surface area contributed by atoms with Crippen LogP contribution in [0.1, 0.15) is 107 Å². The first kappa shape index (κ1) is 32.9. The van der Waals surface area contributed by atoms with E-state index in [4.69, 9.17) is 25.4 Å². The van der Waals surface area contributed by atoms with Crippen molar-refractivity contribution in [2.24, 2.45) is 16.5 Å². The lowest BCUT2D eigenvalue weighted by molar-refractivity contribution is -0.274. The molecule has 1 fully saturated rings. The van der Waals surface area contributed by atoms with Gasteiger partial charge in [-0.3, -0.25) is 4.99 Å². The number of ether oxygens (including phenoxy) is 2. The third-order valence-electron chi connectivity index (χ3n) is 7.46. The molecule has 0 aromatic heterocycles. The fourth-order valence-electron chi connectivity index (χ4n) is 5.81. The second-order valence-electron chi connectivity index (χ2n) is 11.6. The van der Waals surface area contributed by atoms with E-state index in [1.165, 1.54) is 5.57 Å². The average Bonchev–Trinajstić information content (AvgIpc) is 2.78. The molecule has 0 saturated carbocycles. The highest BCUT2D eigenvalue weighted by atomic mass is 28.4. The molecule has 2 atom stereocenters. The van der Waals surface area contributed by atoms with Crippen molar-refractivity contribution in [2.45, 2.75) is 142 Å². The summed E-state index contributed by atoms with van der Waals surface area (Å²) in [6.07, 6.45) is 12.9. The second-order valence-corrected chi connectivity index (χ2v) is 17.0. The van der Waals surface area contributed by atoms with Crippen LogP contribution in [0.15, 0.2) is 28.8 Å². The van der Waals surface area contributed by atoms with Crippen molar-refractivity contribution < 1.29 is 13.9 Å². The Balaban J connectivity index is 2.94. The van der Waals surface area contributed by atoms with E-state index in [9.17, 15) is 0 Å². The third kappa shape index (κ3) is 10.3. The van der Waals surface area contributed by atoms with Crippen molar-refractivity contribution in [3.63, 3.8) is 0 Å². The molecule has 0 amide bonds. The molecule has 210 valence electrons. The van der Waals surface area contributed by atoms with Crippen LogP contribution in [-0.4, -0.2) is 45.4 Å². The Kier molecular flexibility index (Phi) is 14.6. The largest absolute Gasteiger partial charge is 0.410 e. The fraction of sp³-hybridized carbons (Fsp3) is 0.828. The first-order chi connectivity index (χ1) is 16.9. The van der Waals surface area contributed by atoms with Crippen LogP contribution in [-0.2, 0) is 13.9 Å². The Labute approximate surface area is 223 Å². The zero-order chi connectivity index (χ0) is 27.4. The molecule has 7 heteroatoms. The lowest BCUT2D eigenvalue weighted by Crippen LogP contribution is -2.49. The molecule has 4 N–H and O–H groups in total. The van der Waals surface area contributed by atoms with Crippen LogP contribution in [0.2, 0.25) is 16.6 Å². The molecule has 1 heterocycles. The summed E-state index contributed by atoms with van der Waals surface area (Å²) in [5.41, 5.74) is 14.6. The molecule has 1 aliphatic rings. The van der Waals surface area contributed by atoms with E-state index in [2.05, 4.69) is 85.5 Å². The van der Waals surface area contributed by atoms with Crippen molar-refractivity contribution in [2.75, 3.05) is 13.2 Å². The summed E-state index contributed by atoms with van der Waals surface area (Å²) in [6, 6.07) is -0.0332.